The van der Waals surface area contributed by atoms with Crippen molar-refractivity contribution in [2.75, 3.05) is 31.7 Å². The quantitative estimate of drug-likeness (QED) is 0.743. The Hall–Kier alpha value is -1.20. The summed E-state index contributed by atoms with van der Waals surface area (Å²) in [7, 11) is 0. The minimum absolute atomic E-state index is 0. The van der Waals surface area contributed by atoms with Crippen molar-refractivity contribution < 1.29 is 9.47 Å². The third-order valence-electron chi connectivity index (χ3n) is 3.81. The molecule has 3 heterocycles. The Bertz CT molecular complexity index is 524. The second-order valence-electron chi connectivity index (χ2n) is 5.62. The van der Waals surface area contributed by atoms with Crippen molar-refractivity contribution in [1.29, 1.82) is 5.26 Å². The average molecular weight is 399 g/mol. The first kappa shape index (κ1) is 20.8. The zero-order chi connectivity index (χ0) is 16.5. The van der Waals surface area contributed by atoms with Crippen molar-refractivity contribution in [2.24, 2.45) is 5.73 Å². The molecule has 0 aromatic carbocycles. The Morgan fingerprint density at radius 1 is 1.12 bits per heavy atom. The first-order chi connectivity index (χ1) is 11.2. The lowest BCUT2D eigenvalue weighted by Gasteiger charge is -2.24. The molecule has 7 heteroatoms. The minimum Gasteiger partial charge on any atom is -0.381 e. The van der Waals surface area contributed by atoms with E-state index in [9.17, 15) is 0 Å². The van der Waals surface area contributed by atoms with E-state index in [1.165, 1.54) is 0 Å². The SMILES string of the molecule is C.N#Cc1nc(Br)ccc1NC1CCOCC1.NC1CCOCC1. The maximum Gasteiger partial charge on any atom is 0.164 e. The van der Waals surface area contributed by atoms with Crippen LogP contribution in [0.2, 0.25) is 0 Å². The number of nitrogens with two attached hydrogens (primary N) is 1. The number of ether oxygens (including phenoxy) is 2. The van der Waals surface area contributed by atoms with Gasteiger partial charge in [0.1, 0.15) is 10.7 Å². The molecule has 24 heavy (non-hydrogen) atoms. The summed E-state index contributed by atoms with van der Waals surface area (Å²) in [5.41, 5.74) is 6.79. The van der Waals surface area contributed by atoms with Gasteiger partial charge in [0.05, 0.1) is 5.69 Å². The van der Waals surface area contributed by atoms with Crippen LogP contribution in [0.15, 0.2) is 16.7 Å². The molecule has 2 saturated heterocycles. The van der Waals surface area contributed by atoms with Gasteiger partial charge >= 0.3 is 0 Å². The van der Waals surface area contributed by atoms with Crippen molar-refractivity contribution >= 4 is 21.6 Å². The van der Waals surface area contributed by atoms with Gasteiger partial charge in [-0.1, -0.05) is 7.43 Å². The van der Waals surface area contributed by atoms with Crippen LogP contribution in [0.4, 0.5) is 5.69 Å². The Kier molecular flexibility index (Phi) is 9.88. The van der Waals surface area contributed by atoms with Gasteiger partial charge in [-0.25, -0.2) is 4.98 Å². The van der Waals surface area contributed by atoms with Crippen LogP contribution in [0.1, 0.15) is 38.8 Å². The van der Waals surface area contributed by atoms with E-state index in [4.69, 9.17) is 20.5 Å². The normalized spacial score (nSPS) is 18.5. The third-order valence-corrected chi connectivity index (χ3v) is 4.26. The molecule has 3 rings (SSSR count). The lowest BCUT2D eigenvalue weighted by Crippen LogP contribution is -2.28. The minimum atomic E-state index is 0. The topological polar surface area (TPSA) is 93.2 Å². The van der Waals surface area contributed by atoms with Gasteiger partial charge in [-0.15, -0.1) is 0 Å². The first-order valence-corrected chi connectivity index (χ1v) is 8.72. The number of anilines is 1. The van der Waals surface area contributed by atoms with E-state index in [1.807, 2.05) is 12.1 Å². The van der Waals surface area contributed by atoms with Gasteiger partial charge in [-0.2, -0.15) is 5.26 Å². The predicted molar refractivity (Wildman–Crippen MR) is 98.9 cm³/mol. The molecule has 2 aliphatic rings. The molecule has 0 spiro atoms. The van der Waals surface area contributed by atoms with Crippen LogP contribution in [0.5, 0.6) is 0 Å². The summed E-state index contributed by atoms with van der Waals surface area (Å²) in [6.45, 7) is 3.29. The van der Waals surface area contributed by atoms with Crippen LogP contribution in [0, 0.1) is 11.3 Å². The summed E-state index contributed by atoms with van der Waals surface area (Å²) in [6, 6.07) is 6.60. The molecule has 0 unspecified atom stereocenters. The number of nitriles is 1. The summed E-state index contributed by atoms with van der Waals surface area (Å²) in [6.07, 6.45) is 4.03. The Morgan fingerprint density at radius 3 is 2.21 bits per heavy atom. The van der Waals surface area contributed by atoms with Gasteiger partial charge in [0, 0.05) is 38.5 Å². The smallest absolute Gasteiger partial charge is 0.164 e. The molecule has 0 aliphatic carbocycles. The van der Waals surface area contributed by atoms with Gasteiger partial charge in [-0.05, 0) is 53.7 Å². The molecule has 0 bridgehead atoms. The van der Waals surface area contributed by atoms with Crippen molar-refractivity contribution in [3.05, 3.63) is 22.4 Å². The second-order valence-corrected chi connectivity index (χ2v) is 6.44. The number of pyridine rings is 1. The summed E-state index contributed by atoms with van der Waals surface area (Å²) in [5, 5.41) is 12.3. The van der Waals surface area contributed by atoms with Gasteiger partial charge in [-0.3, -0.25) is 0 Å². The van der Waals surface area contributed by atoms with E-state index >= 15 is 0 Å². The van der Waals surface area contributed by atoms with Gasteiger partial charge in [0.2, 0.25) is 0 Å². The molecule has 1 aromatic rings. The summed E-state index contributed by atoms with van der Waals surface area (Å²) >= 11 is 3.25. The van der Waals surface area contributed by atoms with Crippen LogP contribution in [-0.4, -0.2) is 43.5 Å². The number of rotatable bonds is 2. The van der Waals surface area contributed by atoms with Crippen LogP contribution in [0.25, 0.3) is 0 Å². The van der Waals surface area contributed by atoms with Crippen LogP contribution in [-0.2, 0) is 9.47 Å². The molecule has 0 radical (unpaired) electrons. The summed E-state index contributed by atoms with van der Waals surface area (Å²) in [5.74, 6) is 0. The van der Waals surface area contributed by atoms with Crippen molar-refractivity contribution in [3.63, 3.8) is 0 Å². The van der Waals surface area contributed by atoms with E-state index in [-0.39, 0.29) is 7.43 Å². The molecule has 134 valence electrons. The van der Waals surface area contributed by atoms with Crippen molar-refractivity contribution in [1.82, 2.24) is 4.98 Å². The number of hydrogen-bond donors (Lipinski definition) is 2. The number of hydrogen-bond acceptors (Lipinski definition) is 6. The molecule has 1 aromatic heterocycles. The predicted octanol–water partition coefficient (Wildman–Crippen LogP) is 3.07. The van der Waals surface area contributed by atoms with Gasteiger partial charge < -0.3 is 20.5 Å². The highest BCUT2D eigenvalue weighted by molar-refractivity contribution is 9.10. The monoisotopic (exact) mass is 398 g/mol. The molecule has 3 N–H and O–H groups in total. The fourth-order valence-corrected chi connectivity index (χ4v) is 2.72. The Morgan fingerprint density at radius 2 is 1.71 bits per heavy atom. The summed E-state index contributed by atoms with van der Waals surface area (Å²) in [4.78, 5) is 4.12. The molecule has 2 aliphatic heterocycles. The van der Waals surface area contributed by atoms with E-state index in [2.05, 4.69) is 32.3 Å². The standard InChI is InChI=1S/C11H12BrN3O.C5H11NO.CH4/c12-11-2-1-9(10(7-13)15-11)14-8-3-5-16-6-4-8;6-5-1-3-7-4-2-5;/h1-2,8,14H,3-6H2;5H,1-4,6H2;1H4. The zero-order valence-corrected chi connectivity index (χ0v) is 14.7. The number of nitrogens with one attached hydrogen (secondary N) is 1. The second kappa shape index (κ2) is 11.4. The van der Waals surface area contributed by atoms with Gasteiger partial charge in [0.15, 0.2) is 5.69 Å². The number of aromatic nitrogens is 1. The fourth-order valence-electron chi connectivity index (χ4n) is 2.41. The van der Waals surface area contributed by atoms with E-state index in [0.717, 1.165) is 57.8 Å². The molecule has 6 nitrogen and oxygen atoms in total. The fraction of sp³-hybridized carbons (Fsp3) is 0.647. The lowest BCUT2D eigenvalue weighted by molar-refractivity contribution is 0.0866. The van der Waals surface area contributed by atoms with Crippen LogP contribution >= 0.6 is 15.9 Å². The molecule has 0 amide bonds. The highest BCUT2D eigenvalue weighted by atomic mass is 79.9. The highest BCUT2D eigenvalue weighted by Crippen LogP contribution is 2.20. The average Bonchev–Trinajstić information content (AvgIpc) is 2.59. The van der Waals surface area contributed by atoms with Crippen LogP contribution < -0.4 is 11.1 Å². The Balaban J connectivity index is 0.000000304. The molecule has 0 atom stereocenters. The van der Waals surface area contributed by atoms with Gasteiger partial charge in [0.25, 0.3) is 0 Å². The zero-order valence-electron chi connectivity index (χ0n) is 13.1. The summed E-state index contributed by atoms with van der Waals surface area (Å²) < 4.78 is 11.0. The van der Waals surface area contributed by atoms with E-state index < -0.39 is 0 Å². The third kappa shape index (κ3) is 7.14. The number of nitrogens with zero attached hydrogens (tertiary/aromatic N) is 2. The maximum atomic E-state index is 8.97. The molecular formula is C17H27BrN4O2. The Labute approximate surface area is 152 Å². The van der Waals surface area contributed by atoms with Crippen molar-refractivity contribution in [2.45, 2.75) is 45.2 Å². The number of halogens is 1. The molecular weight excluding hydrogens is 372 g/mol. The molecule has 2 fully saturated rings. The molecule has 0 saturated carbocycles. The van der Waals surface area contributed by atoms with Crippen LogP contribution in [0.3, 0.4) is 0 Å². The van der Waals surface area contributed by atoms with E-state index in [1.54, 1.807) is 0 Å². The maximum absolute atomic E-state index is 8.97. The van der Waals surface area contributed by atoms with E-state index in [0.29, 0.717) is 22.4 Å². The largest absolute Gasteiger partial charge is 0.381 e. The lowest BCUT2D eigenvalue weighted by atomic mass is 10.1. The highest BCUT2D eigenvalue weighted by Gasteiger charge is 2.15. The van der Waals surface area contributed by atoms with Crippen molar-refractivity contribution in [3.8, 4) is 6.07 Å². The first-order valence-electron chi connectivity index (χ1n) is 7.93.